The molecule has 0 aliphatic carbocycles. The maximum Gasteiger partial charge on any atom is 0.147 e. The second-order valence-electron chi connectivity index (χ2n) is 4.84. The molecule has 4 nitrogen and oxygen atoms in total. The first kappa shape index (κ1) is 15.7. The maximum atomic E-state index is 13.8. The van der Waals surface area contributed by atoms with E-state index in [1.54, 1.807) is 6.92 Å². The van der Waals surface area contributed by atoms with Gasteiger partial charge in [0.2, 0.25) is 0 Å². The predicted molar refractivity (Wildman–Crippen MR) is 79.1 cm³/mol. The van der Waals surface area contributed by atoms with E-state index in [0.29, 0.717) is 21.6 Å². The molecule has 0 amide bonds. The smallest absolute Gasteiger partial charge is 0.147 e. The van der Waals surface area contributed by atoms with Crippen molar-refractivity contribution < 1.29 is 8.78 Å². The highest BCUT2D eigenvalue weighted by Gasteiger charge is 2.15. The van der Waals surface area contributed by atoms with Crippen molar-refractivity contribution in [2.24, 2.45) is 5.84 Å². The summed E-state index contributed by atoms with van der Waals surface area (Å²) in [5, 5.41) is 0.590. The summed E-state index contributed by atoms with van der Waals surface area (Å²) < 4.78 is 26.7. The highest BCUT2D eigenvalue weighted by Crippen LogP contribution is 2.33. The summed E-state index contributed by atoms with van der Waals surface area (Å²) in [4.78, 5) is 9.05. The molecular weight excluding hydrogens is 294 g/mol. The van der Waals surface area contributed by atoms with Gasteiger partial charge in [-0.3, -0.25) is 0 Å². The minimum absolute atomic E-state index is 0.107. The zero-order valence-corrected chi connectivity index (χ0v) is 12.8. The molecule has 3 N–H and O–H groups in total. The summed E-state index contributed by atoms with van der Waals surface area (Å²) in [5.74, 6) is 5.45. The van der Waals surface area contributed by atoms with Crippen molar-refractivity contribution in [2.75, 3.05) is 5.43 Å². The number of nitrogen functional groups attached to an aromatic ring is 1. The van der Waals surface area contributed by atoms with Gasteiger partial charge < -0.3 is 5.43 Å². The summed E-state index contributed by atoms with van der Waals surface area (Å²) in [6, 6.07) is 3.46. The lowest BCUT2D eigenvalue weighted by atomic mass is 10.2. The van der Waals surface area contributed by atoms with Crippen molar-refractivity contribution >= 4 is 17.6 Å². The van der Waals surface area contributed by atoms with E-state index in [9.17, 15) is 8.78 Å². The van der Waals surface area contributed by atoms with Gasteiger partial charge in [-0.05, 0) is 19.1 Å². The van der Waals surface area contributed by atoms with Crippen LogP contribution in [-0.4, -0.2) is 9.97 Å². The summed E-state index contributed by atoms with van der Waals surface area (Å²) in [6.07, 6.45) is 0. The number of hydrazine groups is 1. The van der Waals surface area contributed by atoms with Crippen molar-refractivity contribution in [3.05, 3.63) is 41.2 Å². The second-order valence-corrected chi connectivity index (χ2v) is 5.87. The van der Waals surface area contributed by atoms with Gasteiger partial charge in [0.15, 0.2) is 0 Å². The molecule has 2 rings (SSSR count). The fraction of sp³-hybridized carbons (Fsp3) is 0.286. The average molecular weight is 310 g/mol. The summed E-state index contributed by atoms with van der Waals surface area (Å²) in [5.41, 5.74) is 3.24. The molecule has 0 unspecified atom stereocenters. The fourth-order valence-electron chi connectivity index (χ4n) is 1.67. The first-order valence-electron chi connectivity index (χ1n) is 6.40. The third kappa shape index (κ3) is 3.48. The van der Waals surface area contributed by atoms with Crippen LogP contribution in [0.3, 0.4) is 0 Å². The molecule has 2 aromatic rings. The molecule has 0 saturated carbocycles. The van der Waals surface area contributed by atoms with Gasteiger partial charge in [0.1, 0.15) is 28.3 Å². The molecule has 7 heteroatoms. The van der Waals surface area contributed by atoms with Crippen LogP contribution >= 0.6 is 11.8 Å². The highest BCUT2D eigenvalue weighted by atomic mass is 32.2. The van der Waals surface area contributed by atoms with Crippen LogP contribution < -0.4 is 11.3 Å². The van der Waals surface area contributed by atoms with E-state index in [-0.39, 0.29) is 5.92 Å². The van der Waals surface area contributed by atoms with E-state index in [2.05, 4.69) is 15.4 Å². The largest absolute Gasteiger partial charge is 0.308 e. The van der Waals surface area contributed by atoms with Gasteiger partial charge in [0.25, 0.3) is 0 Å². The summed E-state index contributed by atoms with van der Waals surface area (Å²) in [6.45, 7) is 5.71. The van der Waals surface area contributed by atoms with E-state index in [4.69, 9.17) is 5.84 Å². The van der Waals surface area contributed by atoms with Crippen LogP contribution in [0.5, 0.6) is 0 Å². The first-order valence-corrected chi connectivity index (χ1v) is 7.22. The van der Waals surface area contributed by atoms with Crippen LogP contribution in [0.25, 0.3) is 0 Å². The van der Waals surface area contributed by atoms with Crippen LogP contribution in [0.1, 0.15) is 31.2 Å². The number of nitrogens with one attached hydrogen (secondary N) is 1. The number of benzene rings is 1. The first-order chi connectivity index (χ1) is 9.92. The van der Waals surface area contributed by atoms with E-state index in [1.807, 2.05) is 13.8 Å². The van der Waals surface area contributed by atoms with Crippen molar-refractivity contribution in [1.82, 2.24) is 9.97 Å². The monoisotopic (exact) mass is 310 g/mol. The third-order valence-corrected chi connectivity index (χ3v) is 4.01. The number of anilines is 1. The molecule has 1 aromatic heterocycles. The number of rotatable bonds is 4. The molecule has 0 aliphatic rings. The Labute approximate surface area is 126 Å². The van der Waals surface area contributed by atoms with Crippen LogP contribution in [0, 0.1) is 18.6 Å². The number of halogens is 2. The quantitative estimate of drug-likeness (QED) is 0.513. The van der Waals surface area contributed by atoms with Gasteiger partial charge in [0, 0.05) is 22.4 Å². The van der Waals surface area contributed by atoms with Crippen molar-refractivity contribution in [3.63, 3.8) is 0 Å². The number of nitrogens with zero attached hydrogens (tertiary/aromatic N) is 2. The zero-order valence-electron chi connectivity index (χ0n) is 11.9. The Hall–Kier alpha value is -1.73. The van der Waals surface area contributed by atoms with Crippen molar-refractivity contribution in [2.45, 2.75) is 36.6 Å². The minimum Gasteiger partial charge on any atom is -0.308 e. The normalized spacial score (nSPS) is 11.0. The Bertz CT molecular complexity index is 662. The molecule has 0 fully saturated rings. The van der Waals surface area contributed by atoms with Crippen LogP contribution in [0.4, 0.5) is 14.6 Å². The molecule has 1 aromatic carbocycles. The average Bonchev–Trinajstić information content (AvgIpc) is 2.43. The lowest BCUT2D eigenvalue weighted by molar-refractivity contribution is 0.565. The number of hydrogen-bond acceptors (Lipinski definition) is 5. The van der Waals surface area contributed by atoms with Gasteiger partial charge >= 0.3 is 0 Å². The van der Waals surface area contributed by atoms with Crippen molar-refractivity contribution in [1.29, 1.82) is 0 Å². The Balaban J connectivity index is 2.45. The van der Waals surface area contributed by atoms with Gasteiger partial charge in [-0.1, -0.05) is 25.6 Å². The standard InChI is InChI=1S/C14H16F2N4S/c1-7(2)12-18-13(20-17)8(3)14(19-12)21-11-5-4-9(15)6-10(11)16/h4-7H,17H2,1-3H3,(H,18,19,20). The molecule has 0 aliphatic heterocycles. The Morgan fingerprint density at radius 2 is 1.95 bits per heavy atom. The molecule has 112 valence electrons. The molecule has 21 heavy (non-hydrogen) atoms. The number of nitrogens with two attached hydrogens (primary N) is 1. The molecular formula is C14H16F2N4S. The van der Waals surface area contributed by atoms with Crippen LogP contribution in [0.2, 0.25) is 0 Å². The SMILES string of the molecule is Cc1c(NN)nc(C(C)C)nc1Sc1ccc(F)cc1F. The predicted octanol–water partition coefficient (Wildman–Crippen LogP) is 3.62. The van der Waals surface area contributed by atoms with Crippen molar-refractivity contribution in [3.8, 4) is 0 Å². The lowest BCUT2D eigenvalue weighted by Crippen LogP contribution is -2.13. The van der Waals surface area contributed by atoms with Crippen LogP contribution in [-0.2, 0) is 0 Å². The molecule has 0 atom stereocenters. The van der Waals surface area contributed by atoms with E-state index < -0.39 is 11.6 Å². The fourth-order valence-corrected chi connectivity index (χ4v) is 2.56. The second kappa shape index (κ2) is 6.36. The van der Waals surface area contributed by atoms with E-state index >= 15 is 0 Å². The molecule has 0 saturated heterocycles. The molecule has 0 bridgehead atoms. The zero-order chi connectivity index (χ0) is 15.6. The highest BCUT2D eigenvalue weighted by molar-refractivity contribution is 7.99. The van der Waals surface area contributed by atoms with Gasteiger partial charge in [-0.2, -0.15) is 0 Å². The minimum atomic E-state index is -0.619. The van der Waals surface area contributed by atoms with Gasteiger partial charge in [0.05, 0.1) is 0 Å². The van der Waals surface area contributed by atoms with E-state index in [0.717, 1.165) is 23.4 Å². The Morgan fingerprint density at radius 3 is 2.52 bits per heavy atom. The number of aromatic nitrogens is 2. The van der Waals surface area contributed by atoms with Gasteiger partial charge in [-0.15, -0.1) is 0 Å². The number of hydrogen-bond donors (Lipinski definition) is 2. The topological polar surface area (TPSA) is 63.8 Å². The molecule has 1 heterocycles. The van der Waals surface area contributed by atoms with Crippen LogP contribution in [0.15, 0.2) is 28.1 Å². The lowest BCUT2D eigenvalue weighted by Gasteiger charge is -2.13. The Kier molecular flexibility index (Phi) is 4.74. The van der Waals surface area contributed by atoms with E-state index in [1.165, 1.54) is 12.1 Å². The molecule has 0 radical (unpaired) electrons. The molecule has 0 spiro atoms. The summed E-state index contributed by atoms with van der Waals surface area (Å²) >= 11 is 1.12. The maximum absolute atomic E-state index is 13.8. The van der Waals surface area contributed by atoms with Gasteiger partial charge in [-0.25, -0.2) is 24.6 Å². The third-order valence-electron chi connectivity index (χ3n) is 2.87. The Morgan fingerprint density at radius 1 is 1.24 bits per heavy atom. The summed E-state index contributed by atoms with van der Waals surface area (Å²) in [7, 11) is 0.